The molecule has 0 saturated heterocycles. The molecule has 2 nitrogen and oxygen atoms in total. The fraction of sp³-hybridized carbons (Fsp3) is 0.300. The lowest BCUT2D eigenvalue weighted by Crippen LogP contribution is -2.05. The number of carbonyl (C=O) groups is 1. The standard InChI is InChI=1S/C10H9Br2ClO2/c1-2-15-10(14)6-3-8(11)7(5-13)9(12)4-6/h3-4H,2,5H2,1H3. The Morgan fingerprint density at radius 1 is 1.40 bits per heavy atom. The number of benzene rings is 1. The highest BCUT2D eigenvalue weighted by Crippen LogP contribution is 2.29. The molecule has 82 valence electrons. The zero-order chi connectivity index (χ0) is 11.4. The van der Waals surface area contributed by atoms with Gasteiger partial charge in [-0.1, -0.05) is 31.9 Å². The smallest absolute Gasteiger partial charge is 0.338 e. The van der Waals surface area contributed by atoms with Crippen molar-refractivity contribution in [2.24, 2.45) is 0 Å². The highest BCUT2D eigenvalue weighted by molar-refractivity contribution is 9.11. The third kappa shape index (κ3) is 3.20. The number of hydrogen-bond donors (Lipinski definition) is 0. The number of hydrogen-bond acceptors (Lipinski definition) is 2. The summed E-state index contributed by atoms with van der Waals surface area (Å²) in [6, 6.07) is 3.42. The lowest BCUT2D eigenvalue weighted by molar-refractivity contribution is 0.0526. The molecule has 0 saturated carbocycles. The second kappa shape index (κ2) is 5.87. The Kier molecular flexibility index (Phi) is 5.09. The van der Waals surface area contributed by atoms with Gasteiger partial charge in [0.15, 0.2) is 0 Å². The molecule has 5 heteroatoms. The molecule has 0 aromatic heterocycles. The summed E-state index contributed by atoms with van der Waals surface area (Å²) in [5, 5.41) is 0. The Labute approximate surface area is 110 Å². The minimum atomic E-state index is -0.333. The van der Waals surface area contributed by atoms with Crippen LogP contribution in [0.5, 0.6) is 0 Å². The number of rotatable bonds is 3. The van der Waals surface area contributed by atoms with Crippen LogP contribution in [-0.4, -0.2) is 12.6 Å². The minimum Gasteiger partial charge on any atom is -0.462 e. The molecule has 0 amide bonds. The Morgan fingerprint density at radius 2 is 1.93 bits per heavy atom. The van der Waals surface area contributed by atoms with Crippen LogP contribution in [0, 0.1) is 0 Å². The molecule has 0 atom stereocenters. The molecule has 0 N–H and O–H groups in total. The number of alkyl halides is 1. The maximum absolute atomic E-state index is 11.5. The number of esters is 1. The maximum atomic E-state index is 11.5. The van der Waals surface area contributed by atoms with E-state index >= 15 is 0 Å². The maximum Gasteiger partial charge on any atom is 0.338 e. The van der Waals surface area contributed by atoms with Crippen LogP contribution >= 0.6 is 43.5 Å². The molecule has 0 bridgehead atoms. The monoisotopic (exact) mass is 354 g/mol. The molecular weight excluding hydrogens is 347 g/mol. The summed E-state index contributed by atoms with van der Waals surface area (Å²) in [5.74, 6) is 0.0459. The first kappa shape index (κ1) is 13.0. The molecule has 1 aromatic carbocycles. The summed E-state index contributed by atoms with van der Waals surface area (Å²) in [5.41, 5.74) is 1.43. The fourth-order valence-corrected chi connectivity index (χ4v) is 3.14. The van der Waals surface area contributed by atoms with E-state index in [1.165, 1.54) is 0 Å². The van der Waals surface area contributed by atoms with Crippen molar-refractivity contribution in [3.05, 3.63) is 32.2 Å². The van der Waals surface area contributed by atoms with Crippen LogP contribution in [0.2, 0.25) is 0 Å². The van der Waals surface area contributed by atoms with Gasteiger partial charge in [0, 0.05) is 14.8 Å². The molecule has 0 fully saturated rings. The van der Waals surface area contributed by atoms with E-state index < -0.39 is 0 Å². The zero-order valence-electron chi connectivity index (χ0n) is 8.02. The van der Waals surface area contributed by atoms with E-state index in [1.54, 1.807) is 19.1 Å². The molecule has 0 aliphatic rings. The Hall–Kier alpha value is -0.0600. The lowest BCUT2D eigenvalue weighted by atomic mass is 10.1. The summed E-state index contributed by atoms with van der Waals surface area (Å²) >= 11 is 12.5. The summed E-state index contributed by atoms with van der Waals surface area (Å²) in [4.78, 5) is 11.5. The highest BCUT2D eigenvalue weighted by Gasteiger charge is 2.12. The predicted octanol–water partition coefficient (Wildman–Crippen LogP) is 4.13. The van der Waals surface area contributed by atoms with Crippen LogP contribution in [0.4, 0.5) is 0 Å². The summed E-state index contributed by atoms with van der Waals surface area (Å²) in [6.45, 7) is 2.14. The third-order valence-corrected chi connectivity index (χ3v) is 3.47. The Bertz CT molecular complexity index is 357. The molecule has 1 aromatic rings. The van der Waals surface area contributed by atoms with Gasteiger partial charge in [0.25, 0.3) is 0 Å². The van der Waals surface area contributed by atoms with E-state index in [9.17, 15) is 4.79 Å². The SMILES string of the molecule is CCOC(=O)c1cc(Br)c(CCl)c(Br)c1. The van der Waals surface area contributed by atoms with E-state index in [0.29, 0.717) is 18.1 Å². The van der Waals surface area contributed by atoms with Crippen molar-refractivity contribution < 1.29 is 9.53 Å². The van der Waals surface area contributed by atoms with Crippen molar-refractivity contribution in [1.82, 2.24) is 0 Å². The first-order valence-corrected chi connectivity index (χ1v) is 6.43. The highest BCUT2D eigenvalue weighted by atomic mass is 79.9. The molecule has 0 heterocycles. The van der Waals surface area contributed by atoms with Gasteiger partial charge in [-0.05, 0) is 24.6 Å². The number of halogens is 3. The van der Waals surface area contributed by atoms with Gasteiger partial charge < -0.3 is 4.74 Å². The van der Waals surface area contributed by atoms with E-state index in [0.717, 1.165) is 14.5 Å². The topological polar surface area (TPSA) is 26.3 Å². The van der Waals surface area contributed by atoms with Crippen molar-refractivity contribution in [3.63, 3.8) is 0 Å². The lowest BCUT2D eigenvalue weighted by Gasteiger charge is -2.07. The fourth-order valence-electron chi connectivity index (χ4n) is 1.06. The van der Waals surface area contributed by atoms with Crippen LogP contribution in [0.25, 0.3) is 0 Å². The zero-order valence-corrected chi connectivity index (χ0v) is 11.9. The van der Waals surface area contributed by atoms with E-state index in [1.807, 2.05) is 0 Å². The molecule has 15 heavy (non-hydrogen) atoms. The van der Waals surface area contributed by atoms with Gasteiger partial charge in [0.05, 0.1) is 12.2 Å². The quantitative estimate of drug-likeness (QED) is 0.601. The number of carbonyl (C=O) groups excluding carboxylic acids is 1. The van der Waals surface area contributed by atoms with Crippen molar-refractivity contribution in [1.29, 1.82) is 0 Å². The molecule has 0 aliphatic carbocycles. The Morgan fingerprint density at radius 3 is 2.33 bits per heavy atom. The largest absolute Gasteiger partial charge is 0.462 e. The van der Waals surface area contributed by atoms with Gasteiger partial charge >= 0.3 is 5.97 Å². The summed E-state index contributed by atoms with van der Waals surface area (Å²) in [6.07, 6.45) is 0. The molecule has 1 rings (SSSR count). The van der Waals surface area contributed by atoms with Gasteiger partial charge in [-0.25, -0.2) is 4.79 Å². The van der Waals surface area contributed by atoms with Crippen LogP contribution in [0.3, 0.4) is 0 Å². The summed E-state index contributed by atoms with van der Waals surface area (Å²) in [7, 11) is 0. The molecular formula is C10H9Br2ClO2. The van der Waals surface area contributed by atoms with Crippen LogP contribution in [0.15, 0.2) is 21.1 Å². The van der Waals surface area contributed by atoms with Gasteiger partial charge in [-0.3, -0.25) is 0 Å². The minimum absolute atomic E-state index is 0.333. The first-order valence-electron chi connectivity index (χ1n) is 4.31. The van der Waals surface area contributed by atoms with Gasteiger partial charge in [0.2, 0.25) is 0 Å². The average Bonchev–Trinajstić information content (AvgIpc) is 2.17. The predicted molar refractivity (Wildman–Crippen MR) is 67.4 cm³/mol. The molecule has 0 aliphatic heterocycles. The van der Waals surface area contributed by atoms with E-state index in [4.69, 9.17) is 16.3 Å². The van der Waals surface area contributed by atoms with Gasteiger partial charge in [0.1, 0.15) is 0 Å². The molecule has 0 unspecified atom stereocenters. The average molecular weight is 356 g/mol. The van der Waals surface area contributed by atoms with Crippen molar-refractivity contribution in [3.8, 4) is 0 Å². The molecule has 0 radical (unpaired) electrons. The van der Waals surface area contributed by atoms with Gasteiger partial charge in [-0.2, -0.15) is 0 Å². The van der Waals surface area contributed by atoms with Crippen LogP contribution < -0.4 is 0 Å². The first-order chi connectivity index (χ1) is 7.10. The second-order valence-corrected chi connectivity index (χ2v) is 4.75. The molecule has 0 spiro atoms. The van der Waals surface area contributed by atoms with Crippen molar-refractivity contribution >= 4 is 49.4 Å². The normalized spacial score (nSPS) is 10.1. The van der Waals surface area contributed by atoms with Gasteiger partial charge in [-0.15, -0.1) is 11.6 Å². The number of ether oxygens (including phenoxy) is 1. The third-order valence-electron chi connectivity index (χ3n) is 1.79. The van der Waals surface area contributed by atoms with Crippen molar-refractivity contribution in [2.75, 3.05) is 6.61 Å². The summed E-state index contributed by atoms with van der Waals surface area (Å²) < 4.78 is 6.50. The van der Waals surface area contributed by atoms with Crippen LogP contribution in [0.1, 0.15) is 22.8 Å². The van der Waals surface area contributed by atoms with E-state index in [-0.39, 0.29) is 5.97 Å². The van der Waals surface area contributed by atoms with Crippen molar-refractivity contribution in [2.45, 2.75) is 12.8 Å². The van der Waals surface area contributed by atoms with Crippen LogP contribution in [-0.2, 0) is 10.6 Å². The second-order valence-electron chi connectivity index (χ2n) is 2.77. The Balaban J connectivity index is 3.08. The van der Waals surface area contributed by atoms with E-state index in [2.05, 4.69) is 31.9 Å².